The monoisotopic (exact) mass is 256 g/mol. The van der Waals surface area contributed by atoms with Crippen LogP contribution in [0.25, 0.3) is 0 Å². The molecule has 1 fully saturated rings. The Morgan fingerprint density at radius 1 is 1.33 bits per heavy atom. The predicted molar refractivity (Wildman–Crippen MR) is 73.4 cm³/mol. The van der Waals surface area contributed by atoms with Gasteiger partial charge in [0, 0.05) is 13.1 Å². The first-order chi connectivity index (χ1) is 8.32. The molecule has 2 N–H and O–H groups in total. The number of carbonyl (C=O) groups excluding carboxylic acids is 1. The molecule has 2 atom stereocenters. The number of aliphatic hydroxyl groups is 1. The molecule has 0 aliphatic carbocycles. The molecule has 0 aromatic rings. The van der Waals surface area contributed by atoms with Crippen molar-refractivity contribution in [1.82, 2.24) is 10.2 Å². The van der Waals surface area contributed by atoms with Crippen molar-refractivity contribution in [2.75, 3.05) is 19.6 Å². The molecule has 0 saturated carbocycles. The van der Waals surface area contributed by atoms with Gasteiger partial charge in [0.25, 0.3) is 0 Å². The van der Waals surface area contributed by atoms with E-state index in [0.29, 0.717) is 5.92 Å². The van der Waals surface area contributed by atoms with E-state index in [1.807, 2.05) is 13.8 Å². The maximum Gasteiger partial charge on any atom is 0.237 e. The zero-order valence-corrected chi connectivity index (χ0v) is 12.2. The van der Waals surface area contributed by atoms with Crippen LogP contribution in [0.4, 0.5) is 0 Å². The summed E-state index contributed by atoms with van der Waals surface area (Å²) in [6.07, 6.45) is 2.52. The normalized spacial score (nSPS) is 27.9. The molecule has 1 heterocycles. The van der Waals surface area contributed by atoms with Crippen molar-refractivity contribution >= 4 is 5.91 Å². The summed E-state index contributed by atoms with van der Waals surface area (Å²) in [6, 6.07) is -0.0994. The number of rotatable bonds is 4. The molecule has 18 heavy (non-hydrogen) atoms. The molecule has 1 amide bonds. The summed E-state index contributed by atoms with van der Waals surface area (Å²) in [5.74, 6) is 0.580. The Morgan fingerprint density at radius 2 is 2.00 bits per heavy atom. The lowest BCUT2D eigenvalue weighted by Crippen LogP contribution is -2.46. The Kier molecular flexibility index (Phi) is 5.60. The van der Waals surface area contributed by atoms with E-state index in [1.165, 1.54) is 0 Å². The van der Waals surface area contributed by atoms with Crippen molar-refractivity contribution < 1.29 is 9.90 Å². The van der Waals surface area contributed by atoms with Gasteiger partial charge in [-0.1, -0.05) is 13.8 Å². The highest BCUT2D eigenvalue weighted by Gasteiger charge is 2.29. The van der Waals surface area contributed by atoms with Gasteiger partial charge in [0.15, 0.2) is 0 Å². The van der Waals surface area contributed by atoms with Crippen LogP contribution in [-0.4, -0.2) is 47.2 Å². The molecule has 1 aliphatic rings. The largest absolute Gasteiger partial charge is 0.390 e. The molecule has 1 saturated heterocycles. The fraction of sp³-hybridized carbons (Fsp3) is 0.929. The van der Waals surface area contributed by atoms with Crippen LogP contribution in [0.3, 0.4) is 0 Å². The number of nitrogens with one attached hydrogen (secondary N) is 1. The molecule has 0 spiro atoms. The fourth-order valence-corrected chi connectivity index (χ4v) is 2.29. The first-order valence-corrected chi connectivity index (χ1v) is 7.06. The van der Waals surface area contributed by atoms with Gasteiger partial charge in [-0.2, -0.15) is 0 Å². The Balaban J connectivity index is 2.45. The lowest BCUT2D eigenvalue weighted by Gasteiger charge is -2.27. The third kappa shape index (κ3) is 4.94. The van der Waals surface area contributed by atoms with Gasteiger partial charge in [-0.3, -0.25) is 9.69 Å². The summed E-state index contributed by atoms with van der Waals surface area (Å²) in [6.45, 7) is 10.4. The van der Waals surface area contributed by atoms with Crippen molar-refractivity contribution in [2.24, 2.45) is 5.92 Å². The topological polar surface area (TPSA) is 52.6 Å². The van der Waals surface area contributed by atoms with E-state index in [1.54, 1.807) is 0 Å². The number of hydrogen-bond acceptors (Lipinski definition) is 3. The first kappa shape index (κ1) is 15.4. The number of likely N-dealkylation sites (tertiary alicyclic amines) is 1. The lowest BCUT2D eigenvalue weighted by molar-refractivity contribution is -0.126. The van der Waals surface area contributed by atoms with Gasteiger partial charge < -0.3 is 10.4 Å². The van der Waals surface area contributed by atoms with Crippen molar-refractivity contribution in [3.63, 3.8) is 0 Å². The predicted octanol–water partition coefficient (Wildman–Crippen LogP) is 1.38. The highest BCUT2D eigenvalue weighted by Crippen LogP contribution is 2.22. The minimum atomic E-state index is -0.567. The molecule has 0 aromatic carbocycles. The van der Waals surface area contributed by atoms with Crippen molar-refractivity contribution in [1.29, 1.82) is 0 Å². The average Bonchev–Trinajstić information content (AvgIpc) is 2.46. The highest BCUT2D eigenvalue weighted by molar-refractivity contribution is 5.81. The fourth-order valence-electron chi connectivity index (χ4n) is 2.29. The third-order valence-corrected chi connectivity index (χ3v) is 3.71. The van der Waals surface area contributed by atoms with E-state index in [9.17, 15) is 9.90 Å². The maximum absolute atomic E-state index is 12.0. The highest BCUT2D eigenvalue weighted by atomic mass is 16.3. The molecule has 1 aliphatic heterocycles. The average molecular weight is 256 g/mol. The Bertz CT molecular complexity index is 277. The number of carbonyl (C=O) groups is 1. The van der Waals surface area contributed by atoms with Crippen LogP contribution in [0, 0.1) is 5.92 Å². The number of amides is 1. The van der Waals surface area contributed by atoms with E-state index in [2.05, 4.69) is 24.1 Å². The second kappa shape index (κ2) is 6.53. The van der Waals surface area contributed by atoms with Gasteiger partial charge in [-0.15, -0.1) is 0 Å². The van der Waals surface area contributed by atoms with Gasteiger partial charge in [-0.05, 0) is 45.6 Å². The van der Waals surface area contributed by atoms with Gasteiger partial charge in [0.2, 0.25) is 5.91 Å². The molecule has 1 rings (SSSR count). The van der Waals surface area contributed by atoms with Crippen LogP contribution < -0.4 is 5.32 Å². The van der Waals surface area contributed by atoms with Crippen LogP contribution >= 0.6 is 0 Å². The van der Waals surface area contributed by atoms with Crippen LogP contribution in [0.5, 0.6) is 0 Å². The number of hydrogen-bond donors (Lipinski definition) is 2. The minimum absolute atomic E-state index is 0.0994. The molecule has 4 nitrogen and oxygen atoms in total. The summed E-state index contributed by atoms with van der Waals surface area (Å²) < 4.78 is 0. The summed E-state index contributed by atoms with van der Waals surface area (Å²) in [4.78, 5) is 14.2. The third-order valence-electron chi connectivity index (χ3n) is 3.71. The summed E-state index contributed by atoms with van der Waals surface area (Å²) >= 11 is 0. The standard InChI is InChI=1S/C14H28N2O2/c1-11(2)10-15-13(17)12(3)16-8-5-6-14(4,18)7-9-16/h11-12,18H,5-10H2,1-4H3,(H,15,17). The van der Waals surface area contributed by atoms with Crippen molar-refractivity contribution in [3.8, 4) is 0 Å². The minimum Gasteiger partial charge on any atom is -0.390 e. The quantitative estimate of drug-likeness (QED) is 0.799. The Labute approximate surface area is 111 Å². The van der Waals surface area contributed by atoms with E-state index < -0.39 is 5.60 Å². The van der Waals surface area contributed by atoms with E-state index in [-0.39, 0.29) is 11.9 Å². The van der Waals surface area contributed by atoms with Crippen molar-refractivity contribution in [2.45, 2.75) is 58.6 Å². The van der Waals surface area contributed by atoms with Crippen LogP contribution in [0.15, 0.2) is 0 Å². The van der Waals surface area contributed by atoms with Crippen LogP contribution in [0.2, 0.25) is 0 Å². The van der Waals surface area contributed by atoms with Gasteiger partial charge in [0.05, 0.1) is 11.6 Å². The van der Waals surface area contributed by atoms with E-state index >= 15 is 0 Å². The molecule has 2 unspecified atom stereocenters. The molecular formula is C14H28N2O2. The molecule has 0 aromatic heterocycles. The number of nitrogens with zero attached hydrogens (tertiary/aromatic N) is 1. The zero-order valence-electron chi connectivity index (χ0n) is 12.2. The van der Waals surface area contributed by atoms with Gasteiger partial charge in [-0.25, -0.2) is 0 Å². The molecular weight excluding hydrogens is 228 g/mol. The maximum atomic E-state index is 12.0. The Morgan fingerprint density at radius 3 is 2.61 bits per heavy atom. The molecule has 0 radical (unpaired) electrons. The van der Waals surface area contributed by atoms with E-state index in [4.69, 9.17) is 0 Å². The van der Waals surface area contributed by atoms with Crippen LogP contribution in [0.1, 0.15) is 47.0 Å². The van der Waals surface area contributed by atoms with Gasteiger partial charge in [0.1, 0.15) is 0 Å². The summed E-state index contributed by atoms with van der Waals surface area (Å²) in [5.41, 5.74) is -0.567. The van der Waals surface area contributed by atoms with E-state index in [0.717, 1.165) is 38.9 Å². The molecule has 0 bridgehead atoms. The summed E-state index contributed by atoms with van der Waals surface area (Å²) in [5, 5.41) is 13.0. The first-order valence-electron chi connectivity index (χ1n) is 7.06. The van der Waals surface area contributed by atoms with Crippen molar-refractivity contribution in [3.05, 3.63) is 0 Å². The molecule has 4 heteroatoms. The van der Waals surface area contributed by atoms with Gasteiger partial charge >= 0.3 is 0 Å². The zero-order chi connectivity index (χ0) is 13.8. The lowest BCUT2D eigenvalue weighted by atomic mass is 9.98. The second-order valence-corrected chi connectivity index (χ2v) is 6.20. The SMILES string of the molecule is CC(C)CNC(=O)C(C)N1CCCC(C)(O)CC1. The Hall–Kier alpha value is -0.610. The summed E-state index contributed by atoms with van der Waals surface area (Å²) in [7, 11) is 0. The van der Waals surface area contributed by atoms with Crippen LogP contribution in [-0.2, 0) is 4.79 Å². The molecule has 106 valence electrons. The smallest absolute Gasteiger partial charge is 0.237 e. The second-order valence-electron chi connectivity index (χ2n) is 6.20.